The topological polar surface area (TPSA) is 31.8 Å². The lowest BCUT2D eigenvalue weighted by molar-refractivity contribution is 0.0342. The van der Waals surface area contributed by atoms with E-state index < -0.39 is 0 Å². The Labute approximate surface area is 197 Å². The Morgan fingerprint density at radius 2 is 1.56 bits per heavy atom. The van der Waals surface area contributed by atoms with Crippen molar-refractivity contribution < 1.29 is 4.74 Å². The van der Waals surface area contributed by atoms with Gasteiger partial charge in [-0.25, -0.2) is 4.98 Å². The number of fused-ring (bicyclic) bond motifs is 1. The Morgan fingerprint density at radius 1 is 0.844 bits per heavy atom. The van der Waals surface area contributed by atoms with Crippen LogP contribution in [0.1, 0.15) is 12.5 Å². The van der Waals surface area contributed by atoms with Gasteiger partial charge in [0.1, 0.15) is 5.82 Å². The second kappa shape index (κ2) is 10.6. The molecule has 0 N–H and O–H groups in total. The van der Waals surface area contributed by atoms with Gasteiger partial charge < -0.3 is 14.5 Å². The van der Waals surface area contributed by atoms with E-state index in [9.17, 15) is 0 Å². The molecule has 3 aromatic rings. The zero-order chi connectivity index (χ0) is 21.0. The summed E-state index contributed by atoms with van der Waals surface area (Å²) in [5.41, 5.74) is 3.59. The molecule has 2 aromatic carbocycles. The van der Waals surface area contributed by atoms with Gasteiger partial charge in [0.05, 0.1) is 18.9 Å². The van der Waals surface area contributed by atoms with Crippen LogP contribution in [-0.2, 0) is 11.3 Å². The standard InChI is InChI=1S/C26H32N4O.ClH/c1-2-28-11-13-30(14-12-28)26-24-6-4-3-5-23(24)19-25(27-26)22-9-7-21(8-10-22)20-29-15-17-31-18-16-29;/h3-10,19H,2,11-18,20H2,1H3;1H. The minimum Gasteiger partial charge on any atom is -0.379 e. The Bertz CT molecular complexity index is 1010. The Morgan fingerprint density at radius 3 is 2.28 bits per heavy atom. The second-order valence-corrected chi connectivity index (χ2v) is 8.56. The van der Waals surface area contributed by atoms with Crippen LogP contribution < -0.4 is 4.90 Å². The van der Waals surface area contributed by atoms with E-state index in [1.54, 1.807) is 0 Å². The number of pyridine rings is 1. The minimum absolute atomic E-state index is 0. The summed E-state index contributed by atoms with van der Waals surface area (Å²) in [5, 5.41) is 2.51. The number of benzene rings is 2. The van der Waals surface area contributed by atoms with Crippen LogP contribution in [0.4, 0.5) is 5.82 Å². The zero-order valence-electron chi connectivity index (χ0n) is 18.9. The minimum atomic E-state index is 0. The summed E-state index contributed by atoms with van der Waals surface area (Å²) >= 11 is 0. The number of piperazine rings is 1. The summed E-state index contributed by atoms with van der Waals surface area (Å²) in [7, 11) is 0. The van der Waals surface area contributed by atoms with E-state index in [0.29, 0.717) is 0 Å². The van der Waals surface area contributed by atoms with E-state index >= 15 is 0 Å². The van der Waals surface area contributed by atoms with Crippen molar-refractivity contribution in [2.24, 2.45) is 0 Å². The highest BCUT2D eigenvalue weighted by Gasteiger charge is 2.20. The second-order valence-electron chi connectivity index (χ2n) is 8.56. The van der Waals surface area contributed by atoms with Crippen LogP contribution in [0.25, 0.3) is 22.0 Å². The predicted octanol–water partition coefficient (Wildman–Crippen LogP) is 4.30. The quantitative estimate of drug-likeness (QED) is 0.576. The number of halogens is 1. The number of likely N-dealkylation sites (N-methyl/N-ethyl adjacent to an activating group) is 1. The Kier molecular flexibility index (Phi) is 7.63. The van der Waals surface area contributed by atoms with E-state index in [2.05, 4.69) is 76.2 Å². The smallest absolute Gasteiger partial charge is 0.137 e. The van der Waals surface area contributed by atoms with Gasteiger partial charge in [-0.1, -0.05) is 55.5 Å². The molecule has 0 unspecified atom stereocenters. The number of nitrogens with zero attached hydrogens (tertiary/aromatic N) is 4. The molecular formula is C26H33ClN4O. The lowest BCUT2D eigenvalue weighted by atomic mass is 10.0. The molecule has 2 saturated heterocycles. The highest BCUT2D eigenvalue weighted by Crippen LogP contribution is 2.31. The van der Waals surface area contributed by atoms with Crippen molar-refractivity contribution in [2.45, 2.75) is 13.5 Å². The largest absolute Gasteiger partial charge is 0.379 e. The molecule has 5 rings (SSSR count). The van der Waals surface area contributed by atoms with Gasteiger partial charge in [-0.05, 0) is 23.6 Å². The molecule has 6 heteroatoms. The summed E-state index contributed by atoms with van der Waals surface area (Å²) in [6.07, 6.45) is 0. The molecule has 32 heavy (non-hydrogen) atoms. The number of hydrogen-bond acceptors (Lipinski definition) is 5. The van der Waals surface area contributed by atoms with Crippen LogP contribution in [0.2, 0.25) is 0 Å². The first-order valence-electron chi connectivity index (χ1n) is 11.6. The van der Waals surface area contributed by atoms with Crippen molar-refractivity contribution in [2.75, 3.05) is 63.9 Å². The normalized spacial score (nSPS) is 18.0. The van der Waals surface area contributed by atoms with Crippen molar-refractivity contribution in [3.8, 4) is 11.3 Å². The Balaban J connectivity index is 0.00000245. The van der Waals surface area contributed by atoms with E-state index in [-0.39, 0.29) is 12.4 Å². The Hall–Kier alpha value is -2.18. The van der Waals surface area contributed by atoms with Gasteiger partial charge >= 0.3 is 0 Å². The molecule has 0 bridgehead atoms. The van der Waals surface area contributed by atoms with E-state index in [1.807, 2.05) is 0 Å². The first kappa shape index (κ1) is 23.0. The highest BCUT2D eigenvalue weighted by atomic mass is 35.5. The average molecular weight is 453 g/mol. The van der Waals surface area contributed by atoms with Crippen molar-refractivity contribution in [3.63, 3.8) is 0 Å². The van der Waals surface area contributed by atoms with Crippen molar-refractivity contribution in [1.82, 2.24) is 14.8 Å². The number of rotatable bonds is 5. The number of anilines is 1. The maximum Gasteiger partial charge on any atom is 0.137 e. The lowest BCUT2D eigenvalue weighted by Crippen LogP contribution is -2.46. The highest BCUT2D eigenvalue weighted by molar-refractivity contribution is 5.95. The van der Waals surface area contributed by atoms with Crippen LogP contribution >= 0.6 is 12.4 Å². The van der Waals surface area contributed by atoms with E-state index in [1.165, 1.54) is 21.9 Å². The molecule has 2 fully saturated rings. The van der Waals surface area contributed by atoms with Gasteiger partial charge in [-0.2, -0.15) is 0 Å². The number of morpholine rings is 1. The van der Waals surface area contributed by atoms with Crippen LogP contribution in [-0.4, -0.2) is 73.8 Å². The molecule has 0 saturated carbocycles. The van der Waals surface area contributed by atoms with Crippen molar-refractivity contribution in [1.29, 1.82) is 0 Å². The molecule has 2 aliphatic rings. The summed E-state index contributed by atoms with van der Waals surface area (Å²) in [5.74, 6) is 1.13. The van der Waals surface area contributed by atoms with Gasteiger partial charge in [0.25, 0.3) is 0 Å². The van der Waals surface area contributed by atoms with Crippen LogP contribution in [0, 0.1) is 0 Å². The molecule has 0 radical (unpaired) electrons. The summed E-state index contributed by atoms with van der Waals surface area (Å²) in [6.45, 7) is 12.3. The summed E-state index contributed by atoms with van der Waals surface area (Å²) in [4.78, 5) is 12.6. The molecule has 0 amide bonds. The van der Waals surface area contributed by atoms with Crippen molar-refractivity contribution >= 4 is 29.0 Å². The molecule has 170 valence electrons. The number of ether oxygens (including phenoxy) is 1. The van der Waals surface area contributed by atoms with Crippen LogP contribution in [0.3, 0.4) is 0 Å². The molecule has 1 aromatic heterocycles. The first-order chi connectivity index (χ1) is 15.3. The molecule has 3 heterocycles. The fraction of sp³-hybridized carbons (Fsp3) is 0.423. The fourth-order valence-electron chi connectivity index (χ4n) is 4.64. The van der Waals surface area contributed by atoms with Gasteiger partial charge in [0.15, 0.2) is 0 Å². The monoisotopic (exact) mass is 452 g/mol. The summed E-state index contributed by atoms with van der Waals surface area (Å²) in [6, 6.07) is 19.8. The van der Waals surface area contributed by atoms with Gasteiger partial charge in [0.2, 0.25) is 0 Å². The van der Waals surface area contributed by atoms with E-state index in [0.717, 1.165) is 77.1 Å². The molecule has 0 spiro atoms. The SMILES string of the molecule is CCN1CCN(c2nc(-c3ccc(CN4CCOCC4)cc3)cc3ccccc23)CC1.Cl. The molecule has 5 nitrogen and oxygen atoms in total. The van der Waals surface area contributed by atoms with Crippen molar-refractivity contribution in [3.05, 3.63) is 60.2 Å². The number of hydrogen-bond donors (Lipinski definition) is 0. The van der Waals surface area contributed by atoms with Gasteiger partial charge in [0, 0.05) is 56.8 Å². The zero-order valence-corrected chi connectivity index (χ0v) is 19.7. The van der Waals surface area contributed by atoms with Crippen LogP contribution in [0.15, 0.2) is 54.6 Å². The maximum absolute atomic E-state index is 5.47. The van der Waals surface area contributed by atoms with E-state index in [4.69, 9.17) is 9.72 Å². The number of aromatic nitrogens is 1. The molecule has 0 atom stereocenters. The predicted molar refractivity (Wildman–Crippen MR) is 135 cm³/mol. The molecular weight excluding hydrogens is 420 g/mol. The third kappa shape index (κ3) is 5.07. The third-order valence-electron chi connectivity index (χ3n) is 6.60. The average Bonchev–Trinajstić information content (AvgIpc) is 2.84. The van der Waals surface area contributed by atoms with Crippen LogP contribution in [0.5, 0.6) is 0 Å². The fourth-order valence-corrected chi connectivity index (χ4v) is 4.64. The molecule has 0 aliphatic carbocycles. The first-order valence-corrected chi connectivity index (χ1v) is 11.6. The third-order valence-corrected chi connectivity index (χ3v) is 6.60. The summed E-state index contributed by atoms with van der Waals surface area (Å²) < 4.78 is 5.47. The van der Waals surface area contributed by atoms with Gasteiger partial charge in [-0.3, -0.25) is 4.90 Å². The molecule has 2 aliphatic heterocycles. The lowest BCUT2D eigenvalue weighted by Gasteiger charge is -2.35. The van der Waals surface area contributed by atoms with Gasteiger partial charge in [-0.15, -0.1) is 12.4 Å². The maximum atomic E-state index is 5.47.